The van der Waals surface area contributed by atoms with Gasteiger partial charge in [0.05, 0.1) is 5.54 Å². The minimum absolute atomic E-state index is 0.0317. The monoisotopic (exact) mass is 217 g/mol. The Hall–Kier alpha value is -1.38. The molecule has 0 saturated heterocycles. The van der Waals surface area contributed by atoms with Crippen LogP contribution in [0.15, 0.2) is 18.5 Å². The van der Waals surface area contributed by atoms with E-state index in [1.165, 1.54) is 0 Å². The van der Waals surface area contributed by atoms with Gasteiger partial charge in [-0.05, 0) is 18.4 Å². The van der Waals surface area contributed by atoms with E-state index in [4.69, 9.17) is 0 Å². The van der Waals surface area contributed by atoms with Crippen molar-refractivity contribution in [2.75, 3.05) is 11.9 Å². The van der Waals surface area contributed by atoms with Crippen LogP contribution in [0.25, 0.3) is 6.08 Å². The normalized spacial score (nSPS) is 24.4. The topological polar surface area (TPSA) is 29.0 Å². The number of anilines is 1. The molecule has 0 N–H and O–H groups in total. The molecular formula is C13H19N3. The molecule has 0 radical (unpaired) electrons. The number of nitrogens with zero attached hydrogens (tertiary/aromatic N) is 3. The molecule has 0 bridgehead atoms. The molecule has 0 aliphatic carbocycles. The molecule has 16 heavy (non-hydrogen) atoms. The summed E-state index contributed by atoms with van der Waals surface area (Å²) in [5.41, 5.74) is 1.07. The third-order valence-electron chi connectivity index (χ3n) is 3.80. The Bertz CT molecular complexity index is 431. The van der Waals surface area contributed by atoms with Gasteiger partial charge in [-0.25, -0.2) is 4.98 Å². The van der Waals surface area contributed by atoms with Gasteiger partial charge < -0.3 is 4.90 Å². The van der Waals surface area contributed by atoms with Gasteiger partial charge in [0.2, 0.25) is 0 Å². The highest BCUT2D eigenvalue weighted by Gasteiger charge is 2.42. The molecule has 0 spiro atoms. The van der Waals surface area contributed by atoms with Crippen LogP contribution in [-0.4, -0.2) is 22.6 Å². The van der Waals surface area contributed by atoms with E-state index in [2.05, 4.69) is 61.8 Å². The Morgan fingerprint density at radius 3 is 2.44 bits per heavy atom. The van der Waals surface area contributed by atoms with Gasteiger partial charge in [-0.2, -0.15) is 0 Å². The molecule has 0 saturated carbocycles. The second-order valence-electron chi connectivity index (χ2n) is 5.56. The summed E-state index contributed by atoms with van der Waals surface area (Å²) in [7, 11) is 2.09. The molecule has 0 amide bonds. The highest BCUT2D eigenvalue weighted by Crippen LogP contribution is 2.41. The molecular weight excluding hydrogens is 198 g/mol. The third-order valence-corrected chi connectivity index (χ3v) is 3.80. The minimum Gasteiger partial charge on any atom is -0.348 e. The smallest absolute Gasteiger partial charge is 0.155 e. The quantitative estimate of drug-likeness (QED) is 0.669. The van der Waals surface area contributed by atoms with E-state index in [9.17, 15) is 0 Å². The predicted octanol–water partition coefficient (Wildman–Crippen LogP) is 2.74. The Morgan fingerprint density at radius 1 is 1.19 bits per heavy atom. The zero-order chi connectivity index (χ0) is 12.0. The number of aromatic nitrogens is 2. The number of hydrogen-bond acceptors (Lipinski definition) is 3. The van der Waals surface area contributed by atoms with Crippen LogP contribution in [0.1, 0.15) is 33.4 Å². The summed E-state index contributed by atoms with van der Waals surface area (Å²) in [5.74, 6) is 0.961. The van der Waals surface area contributed by atoms with Gasteiger partial charge >= 0.3 is 0 Å². The molecule has 86 valence electrons. The van der Waals surface area contributed by atoms with Crippen molar-refractivity contribution in [3.63, 3.8) is 0 Å². The average molecular weight is 217 g/mol. The molecule has 1 aliphatic heterocycles. The van der Waals surface area contributed by atoms with E-state index in [0.29, 0.717) is 0 Å². The van der Waals surface area contributed by atoms with Crippen molar-refractivity contribution in [2.45, 2.75) is 33.2 Å². The standard InChI is InChI=1S/C13H19N3/c1-12(2,3)13(4)7-6-10-11(16(13)5)15-9-8-14-10/h6-9H,1-5H3. The highest BCUT2D eigenvalue weighted by molar-refractivity contribution is 5.67. The van der Waals surface area contributed by atoms with Crippen molar-refractivity contribution in [1.29, 1.82) is 0 Å². The fraction of sp³-hybridized carbons (Fsp3) is 0.538. The fourth-order valence-corrected chi connectivity index (χ4v) is 2.04. The first-order chi connectivity index (χ1) is 7.36. The lowest BCUT2D eigenvalue weighted by Gasteiger charge is -2.49. The molecule has 1 atom stereocenters. The summed E-state index contributed by atoms with van der Waals surface area (Å²) in [6.45, 7) is 8.97. The average Bonchev–Trinajstić information content (AvgIpc) is 2.22. The molecule has 0 fully saturated rings. The number of rotatable bonds is 0. The van der Waals surface area contributed by atoms with Crippen molar-refractivity contribution in [3.05, 3.63) is 24.2 Å². The molecule has 3 heteroatoms. The summed E-state index contributed by atoms with van der Waals surface area (Å²) in [6, 6.07) is 0. The van der Waals surface area contributed by atoms with Crippen molar-refractivity contribution in [1.82, 2.24) is 9.97 Å². The van der Waals surface area contributed by atoms with E-state index < -0.39 is 0 Å². The lowest BCUT2D eigenvalue weighted by Crippen LogP contribution is -2.53. The van der Waals surface area contributed by atoms with Gasteiger partial charge in [0.15, 0.2) is 5.82 Å². The Labute approximate surface area is 97.2 Å². The summed E-state index contributed by atoms with van der Waals surface area (Å²) >= 11 is 0. The van der Waals surface area contributed by atoms with Crippen LogP contribution in [0.3, 0.4) is 0 Å². The summed E-state index contributed by atoms with van der Waals surface area (Å²) < 4.78 is 0. The van der Waals surface area contributed by atoms with Crippen molar-refractivity contribution >= 4 is 11.9 Å². The van der Waals surface area contributed by atoms with Gasteiger partial charge in [-0.3, -0.25) is 4.98 Å². The van der Waals surface area contributed by atoms with Gasteiger partial charge in [-0.1, -0.05) is 26.8 Å². The van der Waals surface area contributed by atoms with Gasteiger partial charge in [0, 0.05) is 19.4 Å². The van der Waals surface area contributed by atoms with E-state index in [0.717, 1.165) is 11.5 Å². The van der Waals surface area contributed by atoms with Crippen LogP contribution in [-0.2, 0) is 0 Å². The Morgan fingerprint density at radius 2 is 1.81 bits per heavy atom. The van der Waals surface area contributed by atoms with Crippen LogP contribution in [0.2, 0.25) is 0 Å². The molecule has 1 aromatic rings. The van der Waals surface area contributed by atoms with Crippen molar-refractivity contribution in [3.8, 4) is 0 Å². The predicted molar refractivity (Wildman–Crippen MR) is 67.3 cm³/mol. The van der Waals surface area contributed by atoms with Gasteiger partial charge in [0.25, 0.3) is 0 Å². The first kappa shape index (κ1) is 11.1. The van der Waals surface area contributed by atoms with E-state index in [1.54, 1.807) is 12.4 Å². The summed E-state index contributed by atoms with van der Waals surface area (Å²) in [5, 5.41) is 0. The summed E-state index contributed by atoms with van der Waals surface area (Å²) in [6.07, 6.45) is 7.78. The maximum atomic E-state index is 4.42. The minimum atomic E-state index is -0.0317. The van der Waals surface area contributed by atoms with E-state index in [-0.39, 0.29) is 11.0 Å². The Balaban J connectivity index is 2.53. The molecule has 2 rings (SSSR count). The van der Waals surface area contributed by atoms with Crippen molar-refractivity contribution in [2.24, 2.45) is 5.41 Å². The number of likely N-dealkylation sites (N-methyl/N-ethyl adjacent to an activating group) is 1. The summed E-state index contributed by atoms with van der Waals surface area (Å²) in [4.78, 5) is 11.0. The largest absolute Gasteiger partial charge is 0.348 e. The second-order valence-corrected chi connectivity index (χ2v) is 5.56. The lowest BCUT2D eigenvalue weighted by molar-refractivity contribution is 0.251. The van der Waals surface area contributed by atoms with E-state index in [1.807, 2.05) is 0 Å². The van der Waals surface area contributed by atoms with Crippen LogP contribution in [0, 0.1) is 5.41 Å². The maximum absolute atomic E-state index is 4.42. The fourth-order valence-electron chi connectivity index (χ4n) is 2.04. The SMILES string of the molecule is CN1c2nccnc2C=CC1(C)C(C)(C)C. The molecule has 2 heterocycles. The first-order valence-corrected chi connectivity index (χ1v) is 5.60. The molecule has 1 aromatic heterocycles. The highest BCUT2D eigenvalue weighted by atomic mass is 15.2. The maximum Gasteiger partial charge on any atom is 0.155 e. The van der Waals surface area contributed by atoms with Crippen LogP contribution in [0.4, 0.5) is 5.82 Å². The zero-order valence-electron chi connectivity index (χ0n) is 10.7. The third kappa shape index (κ3) is 1.42. The van der Waals surface area contributed by atoms with E-state index >= 15 is 0 Å². The van der Waals surface area contributed by atoms with Crippen LogP contribution in [0.5, 0.6) is 0 Å². The molecule has 0 aromatic carbocycles. The number of hydrogen-bond donors (Lipinski definition) is 0. The van der Waals surface area contributed by atoms with Crippen molar-refractivity contribution < 1.29 is 0 Å². The Kier molecular flexibility index (Phi) is 2.30. The van der Waals surface area contributed by atoms with Gasteiger partial charge in [0.1, 0.15) is 5.69 Å². The van der Waals surface area contributed by atoms with Crippen LogP contribution >= 0.6 is 0 Å². The molecule has 1 unspecified atom stereocenters. The molecule has 1 aliphatic rings. The lowest BCUT2D eigenvalue weighted by atomic mass is 9.72. The second kappa shape index (κ2) is 3.30. The zero-order valence-corrected chi connectivity index (χ0v) is 10.7. The van der Waals surface area contributed by atoms with Crippen LogP contribution < -0.4 is 4.90 Å². The number of fused-ring (bicyclic) bond motifs is 1. The first-order valence-electron chi connectivity index (χ1n) is 5.60. The molecule has 3 nitrogen and oxygen atoms in total. The van der Waals surface area contributed by atoms with Gasteiger partial charge in [-0.15, -0.1) is 0 Å².